The Balaban J connectivity index is 2.33. The number of hydrogen-bond donors (Lipinski definition) is 2. The SMILES string of the molecule is CCCC1CC(NC)CN(CCNC(C)=O)C1. The second-order valence-corrected chi connectivity index (χ2v) is 5.12. The number of likely N-dealkylation sites (N-methyl/N-ethyl adjacent to an activating group) is 1. The van der Waals surface area contributed by atoms with Gasteiger partial charge in [-0.2, -0.15) is 0 Å². The first-order valence-electron chi connectivity index (χ1n) is 6.79. The van der Waals surface area contributed by atoms with Crippen molar-refractivity contribution in [3.63, 3.8) is 0 Å². The lowest BCUT2D eigenvalue weighted by atomic mass is 9.90. The van der Waals surface area contributed by atoms with Gasteiger partial charge in [0.15, 0.2) is 0 Å². The van der Waals surface area contributed by atoms with Crippen LogP contribution in [0.4, 0.5) is 0 Å². The van der Waals surface area contributed by atoms with Gasteiger partial charge in [-0.25, -0.2) is 0 Å². The molecule has 0 aromatic carbocycles. The molecular weight excluding hydrogens is 214 g/mol. The molecule has 4 nitrogen and oxygen atoms in total. The molecule has 0 aromatic rings. The Bertz CT molecular complexity index is 233. The van der Waals surface area contributed by atoms with Gasteiger partial charge < -0.3 is 10.6 Å². The fourth-order valence-electron chi connectivity index (χ4n) is 2.70. The molecule has 0 saturated carbocycles. The van der Waals surface area contributed by atoms with E-state index in [1.54, 1.807) is 6.92 Å². The zero-order chi connectivity index (χ0) is 12.7. The number of carbonyl (C=O) groups is 1. The van der Waals surface area contributed by atoms with E-state index in [9.17, 15) is 4.79 Å². The number of rotatable bonds is 6. The van der Waals surface area contributed by atoms with E-state index in [0.29, 0.717) is 6.04 Å². The van der Waals surface area contributed by atoms with Crippen LogP contribution in [0.1, 0.15) is 33.1 Å². The monoisotopic (exact) mass is 241 g/mol. The van der Waals surface area contributed by atoms with E-state index in [4.69, 9.17) is 0 Å². The first kappa shape index (κ1) is 14.5. The fraction of sp³-hybridized carbons (Fsp3) is 0.923. The Kier molecular flexibility index (Phi) is 6.52. The average Bonchev–Trinajstić information content (AvgIpc) is 2.28. The van der Waals surface area contributed by atoms with Crippen molar-refractivity contribution in [2.45, 2.75) is 39.2 Å². The molecule has 1 heterocycles. The summed E-state index contributed by atoms with van der Waals surface area (Å²) in [5.41, 5.74) is 0. The van der Waals surface area contributed by atoms with Crippen LogP contribution in [0, 0.1) is 5.92 Å². The molecule has 2 atom stereocenters. The molecule has 100 valence electrons. The first-order valence-corrected chi connectivity index (χ1v) is 6.79. The van der Waals surface area contributed by atoms with Crippen LogP contribution in [0.2, 0.25) is 0 Å². The molecule has 1 amide bonds. The van der Waals surface area contributed by atoms with Crippen LogP contribution < -0.4 is 10.6 Å². The summed E-state index contributed by atoms with van der Waals surface area (Å²) in [6.45, 7) is 7.86. The Morgan fingerprint density at radius 2 is 2.18 bits per heavy atom. The van der Waals surface area contributed by atoms with Crippen LogP contribution in [0.3, 0.4) is 0 Å². The van der Waals surface area contributed by atoms with Crippen LogP contribution in [-0.2, 0) is 4.79 Å². The van der Waals surface area contributed by atoms with Crippen molar-refractivity contribution in [1.82, 2.24) is 15.5 Å². The highest BCUT2D eigenvalue weighted by Crippen LogP contribution is 2.20. The van der Waals surface area contributed by atoms with Crippen LogP contribution in [0.15, 0.2) is 0 Å². The lowest BCUT2D eigenvalue weighted by Gasteiger charge is -2.37. The predicted molar refractivity (Wildman–Crippen MR) is 71.0 cm³/mol. The molecule has 17 heavy (non-hydrogen) atoms. The number of carbonyl (C=O) groups excluding carboxylic acids is 1. The maximum Gasteiger partial charge on any atom is 0.216 e. The molecule has 0 aromatic heterocycles. The van der Waals surface area contributed by atoms with Crippen molar-refractivity contribution in [3.05, 3.63) is 0 Å². The molecule has 0 radical (unpaired) electrons. The van der Waals surface area contributed by atoms with Gasteiger partial charge in [0, 0.05) is 39.1 Å². The minimum atomic E-state index is 0.0669. The lowest BCUT2D eigenvalue weighted by Crippen LogP contribution is -2.50. The highest BCUT2D eigenvalue weighted by molar-refractivity contribution is 5.72. The minimum Gasteiger partial charge on any atom is -0.355 e. The van der Waals surface area contributed by atoms with Crippen molar-refractivity contribution in [2.75, 3.05) is 33.2 Å². The Labute approximate surface area is 105 Å². The van der Waals surface area contributed by atoms with E-state index in [1.165, 1.54) is 25.8 Å². The summed E-state index contributed by atoms with van der Waals surface area (Å²) in [4.78, 5) is 13.3. The number of nitrogens with zero attached hydrogens (tertiary/aromatic N) is 1. The Hall–Kier alpha value is -0.610. The van der Waals surface area contributed by atoms with E-state index >= 15 is 0 Å². The van der Waals surface area contributed by atoms with Crippen LogP contribution in [0.5, 0.6) is 0 Å². The summed E-state index contributed by atoms with van der Waals surface area (Å²) >= 11 is 0. The highest BCUT2D eigenvalue weighted by Gasteiger charge is 2.25. The van der Waals surface area contributed by atoms with Gasteiger partial charge in [-0.3, -0.25) is 9.69 Å². The molecule has 1 rings (SSSR count). The second-order valence-electron chi connectivity index (χ2n) is 5.12. The van der Waals surface area contributed by atoms with Gasteiger partial charge in [-0.05, 0) is 25.8 Å². The van der Waals surface area contributed by atoms with Gasteiger partial charge in [0.05, 0.1) is 0 Å². The number of hydrogen-bond acceptors (Lipinski definition) is 3. The molecule has 0 aliphatic carbocycles. The molecule has 1 fully saturated rings. The van der Waals surface area contributed by atoms with Crippen molar-refractivity contribution in [2.24, 2.45) is 5.92 Å². The number of likely N-dealkylation sites (tertiary alicyclic amines) is 1. The van der Waals surface area contributed by atoms with Gasteiger partial charge >= 0.3 is 0 Å². The standard InChI is InChI=1S/C13H27N3O/c1-4-5-12-8-13(14-3)10-16(9-12)7-6-15-11(2)17/h12-14H,4-10H2,1-3H3,(H,15,17). The predicted octanol–water partition coefficient (Wildman–Crippen LogP) is 0.833. The molecule has 2 unspecified atom stereocenters. The smallest absolute Gasteiger partial charge is 0.216 e. The molecule has 2 N–H and O–H groups in total. The van der Waals surface area contributed by atoms with Gasteiger partial charge in [0.1, 0.15) is 0 Å². The summed E-state index contributed by atoms with van der Waals surface area (Å²) in [6, 6.07) is 0.609. The van der Waals surface area contributed by atoms with Crippen molar-refractivity contribution < 1.29 is 4.79 Å². The lowest BCUT2D eigenvalue weighted by molar-refractivity contribution is -0.119. The van der Waals surface area contributed by atoms with Gasteiger partial charge in [0.25, 0.3) is 0 Å². The fourth-order valence-corrected chi connectivity index (χ4v) is 2.70. The largest absolute Gasteiger partial charge is 0.355 e. The minimum absolute atomic E-state index is 0.0669. The van der Waals surface area contributed by atoms with E-state index in [2.05, 4.69) is 22.5 Å². The molecule has 0 bridgehead atoms. The molecular formula is C13H27N3O. The van der Waals surface area contributed by atoms with Gasteiger partial charge in [0.2, 0.25) is 5.91 Å². The van der Waals surface area contributed by atoms with Crippen LogP contribution in [-0.4, -0.2) is 50.1 Å². The highest BCUT2D eigenvalue weighted by atomic mass is 16.1. The van der Waals surface area contributed by atoms with E-state index in [-0.39, 0.29) is 5.91 Å². The maximum absolute atomic E-state index is 10.8. The summed E-state index contributed by atoms with van der Waals surface area (Å²) in [5, 5.41) is 6.26. The number of amides is 1. The molecule has 1 aliphatic rings. The number of piperidine rings is 1. The zero-order valence-corrected chi connectivity index (χ0v) is 11.5. The van der Waals surface area contributed by atoms with E-state index < -0.39 is 0 Å². The molecule has 4 heteroatoms. The van der Waals surface area contributed by atoms with Crippen molar-refractivity contribution >= 4 is 5.91 Å². The second kappa shape index (κ2) is 7.67. The molecule has 0 spiro atoms. The maximum atomic E-state index is 10.8. The summed E-state index contributed by atoms with van der Waals surface area (Å²) < 4.78 is 0. The number of nitrogens with one attached hydrogen (secondary N) is 2. The zero-order valence-electron chi connectivity index (χ0n) is 11.5. The third-order valence-corrected chi connectivity index (χ3v) is 3.52. The Morgan fingerprint density at radius 3 is 2.76 bits per heavy atom. The van der Waals surface area contributed by atoms with Crippen LogP contribution in [0.25, 0.3) is 0 Å². The van der Waals surface area contributed by atoms with E-state index in [0.717, 1.165) is 25.6 Å². The summed E-state index contributed by atoms with van der Waals surface area (Å²) in [6.07, 6.45) is 3.87. The summed E-state index contributed by atoms with van der Waals surface area (Å²) in [7, 11) is 2.05. The first-order chi connectivity index (χ1) is 8.15. The third kappa shape index (κ3) is 5.50. The third-order valence-electron chi connectivity index (χ3n) is 3.52. The molecule has 1 saturated heterocycles. The van der Waals surface area contributed by atoms with Crippen LogP contribution >= 0.6 is 0 Å². The summed E-state index contributed by atoms with van der Waals surface area (Å²) in [5.74, 6) is 0.876. The molecule has 1 aliphatic heterocycles. The topological polar surface area (TPSA) is 44.4 Å². The van der Waals surface area contributed by atoms with E-state index in [1.807, 2.05) is 7.05 Å². The quantitative estimate of drug-likeness (QED) is 0.724. The Morgan fingerprint density at radius 1 is 1.41 bits per heavy atom. The normalized spacial score (nSPS) is 25.8. The average molecular weight is 241 g/mol. The van der Waals surface area contributed by atoms with Crippen molar-refractivity contribution in [3.8, 4) is 0 Å². The van der Waals surface area contributed by atoms with Crippen molar-refractivity contribution in [1.29, 1.82) is 0 Å². The van der Waals surface area contributed by atoms with Gasteiger partial charge in [-0.15, -0.1) is 0 Å². The van der Waals surface area contributed by atoms with Gasteiger partial charge in [-0.1, -0.05) is 13.3 Å².